The van der Waals surface area contributed by atoms with E-state index in [1.165, 1.54) is 25.0 Å². The number of hydrogen-bond donors (Lipinski definition) is 1. The van der Waals surface area contributed by atoms with Gasteiger partial charge in [-0.05, 0) is 31.4 Å². The summed E-state index contributed by atoms with van der Waals surface area (Å²) in [7, 11) is 0. The van der Waals surface area contributed by atoms with Crippen LogP contribution in [0.15, 0.2) is 12.7 Å². The van der Waals surface area contributed by atoms with Gasteiger partial charge in [-0.25, -0.2) is 0 Å². The van der Waals surface area contributed by atoms with E-state index >= 15 is 0 Å². The number of thioether (sulfide) groups is 1. The van der Waals surface area contributed by atoms with Gasteiger partial charge in [0.05, 0.1) is 0 Å². The highest BCUT2D eigenvalue weighted by molar-refractivity contribution is 7.98. The zero-order valence-corrected chi connectivity index (χ0v) is 10.3. The lowest BCUT2D eigenvalue weighted by molar-refractivity contribution is 0.730. The Morgan fingerprint density at radius 2 is 2.00 bits per heavy atom. The Labute approximate surface area is 88.4 Å². The maximum Gasteiger partial charge on any atom is 0.0132 e. The summed E-state index contributed by atoms with van der Waals surface area (Å²) < 4.78 is 0. The molecule has 0 atom stereocenters. The Bertz CT molecular complexity index is 80.2. The molecule has 2 heteroatoms. The molecule has 80 valence electrons. The third-order valence-electron chi connectivity index (χ3n) is 1.42. The highest BCUT2D eigenvalue weighted by Gasteiger charge is 1.75. The van der Waals surface area contributed by atoms with Crippen LogP contribution in [-0.2, 0) is 0 Å². The van der Waals surface area contributed by atoms with Gasteiger partial charge in [-0.2, -0.15) is 11.8 Å². The van der Waals surface area contributed by atoms with Crippen molar-refractivity contribution in [3.8, 4) is 0 Å². The molecule has 0 aromatic heterocycles. The maximum absolute atomic E-state index is 3.57. The first kappa shape index (κ1) is 15.5. The van der Waals surface area contributed by atoms with Crippen LogP contribution < -0.4 is 5.32 Å². The van der Waals surface area contributed by atoms with Crippen molar-refractivity contribution in [2.75, 3.05) is 25.1 Å². The van der Waals surface area contributed by atoms with Gasteiger partial charge in [0.25, 0.3) is 0 Å². The first-order valence-corrected chi connectivity index (χ1v) is 6.53. The second-order valence-electron chi connectivity index (χ2n) is 2.84. The SMILES string of the molecule is C=CCNCCC.CCCCSC. The van der Waals surface area contributed by atoms with Crippen molar-refractivity contribution >= 4 is 11.8 Å². The van der Waals surface area contributed by atoms with E-state index in [9.17, 15) is 0 Å². The number of unbranched alkanes of at least 4 members (excludes halogenated alkanes) is 1. The molecule has 1 N–H and O–H groups in total. The molecule has 0 amide bonds. The van der Waals surface area contributed by atoms with Crippen LogP contribution >= 0.6 is 11.8 Å². The summed E-state index contributed by atoms with van der Waals surface area (Å²) in [5.74, 6) is 1.33. The highest BCUT2D eigenvalue weighted by atomic mass is 32.2. The third kappa shape index (κ3) is 24.5. The van der Waals surface area contributed by atoms with Gasteiger partial charge in [0.15, 0.2) is 0 Å². The predicted molar refractivity (Wildman–Crippen MR) is 66.6 cm³/mol. The molecular weight excluding hydrogens is 178 g/mol. The van der Waals surface area contributed by atoms with Crippen molar-refractivity contribution in [3.05, 3.63) is 12.7 Å². The number of rotatable bonds is 7. The molecule has 0 spiro atoms. The molecule has 1 nitrogen and oxygen atoms in total. The van der Waals surface area contributed by atoms with E-state index in [4.69, 9.17) is 0 Å². The molecule has 0 aromatic carbocycles. The Morgan fingerprint density at radius 1 is 1.31 bits per heavy atom. The van der Waals surface area contributed by atoms with Gasteiger partial charge in [0.1, 0.15) is 0 Å². The topological polar surface area (TPSA) is 12.0 Å². The average Bonchev–Trinajstić information content (AvgIpc) is 2.17. The summed E-state index contributed by atoms with van der Waals surface area (Å²) in [5, 5.41) is 3.17. The van der Waals surface area contributed by atoms with E-state index < -0.39 is 0 Å². The standard InChI is InChI=1S/C6H13N.C5H12S/c1-3-5-7-6-4-2;1-3-4-5-6-2/h3,7H,1,4-6H2,2H3;3-5H2,1-2H3. The predicted octanol–water partition coefficient (Wildman–Crippen LogP) is 3.32. The van der Waals surface area contributed by atoms with E-state index in [1.807, 2.05) is 17.8 Å². The normalized spacial score (nSPS) is 8.85. The summed E-state index contributed by atoms with van der Waals surface area (Å²) in [6.07, 6.45) is 7.93. The van der Waals surface area contributed by atoms with Gasteiger partial charge >= 0.3 is 0 Å². The molecule has 0 aliphatic rings. The van der Waals surface area contributed by atoms with Crippen LogP contribution in [0.3, 0.4) is 0 Å². The molecule has 0 heterocycles. The summed E-state index contributed by atoms with van der Waals surface area (Å²) >= 11 is 1.93. The maximum atomic E-state index is 3.57. The molecule has 0 rings (SSSR count). The van der Waals surface area contributed by atoms with Gasteiger partial charge in [-0.15, -0.1) is 6.58 Å². The Morgan fingerprint density at radius 3 is 2.31 bits per heavy atom. The molecule has 0 bridgehead atoms. The molecule has 0 aliphatic carbocycles. The van der Waals surface area contributed by atoms with Crippen molar-refractivity contribution in [1.29, 1.82) is 0 Å². The minimum Gasteiger partial charge on any atom is -0.313 e. The van der Waals surface area contributed by atoms with Crippen molar-refractivity contribution in [3.63, 3.8) is 0 Å². The molecule has 0 fully saturated rings. The third-order valence-corrected chi connectivity index (χ3v) is 2.11. The lowest BCUT2D eigenvalue weighted by atomic mass is 10.4. The molecule has 0 unspecified atom stereocenters. The Kier molecular flexibility index (Phi) is 21.4. The fourth-order valence-electron chi connectivity index (χ4n) is 0.670. The fraction of sp³-hybridized carbons (Fsp3) is 0.818. The van der Waals surface area contributed by atoms with Crippen molar-refractivity contribution < 1.29 is 0 Å². The first-order chi connectivity index (χ1) is 6.33. The quantitative estimate of drug-likeness (QED) is 0.503. The largest absolute Gasteiger partial charge is 0.313 e. The van der Waals surface area contributed by atoms with Gasteiger partial charge in [0, 0.05) is 6.54 Å². The molecule has 0 radical (unpaired) electrons. The average molecular weight is 203 g/mol. The smallest absolute Gasteiger partial charge is 0.0132 e. The summed E-state index contributed by atoms with van der Waals surface area (Å²) in [6.45, 7) is 9.98. The lowest BCUT2D eigenvalue weighted by Gasteiger charge is -1.93. The van der Waals surface area contributed by atoms with Crippen molar-refractivity contribution in [2.45, 2.75) is 33.1 Å². The fourth-order valence-corrected chi connectivity index (χ4v) is 1.25. The van der Waals surface area contributed by atoms with Gasteiger partial charge in [0.2, 0.25) is 0 Å². The van der Waals surface area contributed by atoms with Crippen molar-refractivity contribution in [1.82, 2.24) is 5.32 Å². The van der Waals surface area contributed by atoms with E-state index in [-0.39, 0.29) is 0 Å². The first-order valence-electron chi connectivity index (χ1n) is 5.13. The molecule has 0 saturated carbocycles. The summed E-state index contributed by atoms with van der Waals surface area (Å²) in [6, 6.07) is 0. The van der Waals surface area contributed by atoms with E-state index in [2.05, 4.69) is 32.0 Å². The summed E-state index contributed by atoms with van der Waals surface area (Å²) in [4.78, 5) is 0. The van der Waals surface area contributed by atoms with Crippen molar-refractivity contribution in [2.24, 2.45) is 0 Å². The van der Waals surface area contributed by atoms with Gasteiger partial charge in [-0.3, -0.25) is 0 Å². The zero-order valence-electron chi connectivity index (χ0n) is 9.44. The molecule has 13 heavy (non-hydrogen) atoms. The highest BCUT2D eigenvalue weighted by Crippen LogP contribution is 1.96. The Hall–Kier alpha value is 0.0500. The van der Waals surface area contributed by atoms with Gasteiger partial charge in [-0.1, -0.05) is 26.3 Å². The lowest BCUT2D eigenvalue weighted by Crippen LogP contribution is -2.13. The van der Waals surface area contributed by atoms with Crippen LogP contribution in [0.5, 0.6) is 0 Å². The molecule has 0 aromatic rings. The van der Waals surface area contributed by atoms with Crippen LogP contribution in [0.25, 0.3) is 0 Å². The number of hydrogen-bond acceptors (Lipinski definition) is 2. The van der Waals surface area contributed by atoms with Gasteiger partial charge < -0.3 is 5.32 Å². The minimum absolute atomic E-state index is 0.938. The van der Waals surface area contributed by atoms with E-state index in [0.717, 1.165) is 13.1 Å². The second-order valence-corrected chi connectivity index (χ2v) is 3.82. The monoisotopic (exact) mass is 203 g/mol. The molecular formula is C11H25NS. The van der Waals surface area contributed by atoms with Crippen LogP contribution in [0.2, 0.25) is 0 Å². The van der Waals surface area contributed by atoms with Crippen LogP contribution in [0, 0.1) is 0 Å². The van der Waals surface area contributed by atoms with E-state index in [1.54, 1.807) is 0 Å². The zero-order chi connectivity index (χ0) is 10.4. The minimum atomic E-state index is 0.938. The van der Waals surface area contributed by atoms with Crippen LogP contribution in [0.4, 0.5) is 0 Å². The molecule has 0 aliphatic heterocycles. The molecule has 0 saturated heterocycles. The van der Waals surface area contributed by atoms with Crippen LogP contribution in [0.1, 0.15) is 33.1 Å². The number of nitrogens with one attached hydrogen (secondary N) is 1. The van der Waals surface area contributed by atoms with Crippen LogP contribution in [-0.4, -0.2) is 25.1 Å². The van der Waals surface area contributed by atoms with E-state index in [0.29, 0.717) is 0 Å². The second kappa shape index (κ2) is 18.0. The summed E-state index contributed by atoms with van der Waals surface area (Å²) in [5.41, 5.74) is 0. The Balaban J connectivity index is 0.